The van der Waals surface area contributed by atoms with Gasteiger partial charge in [-0.1, -0.05) is 23.2 Å². The van der Waals surface area contributed by atoms with Gasteiger partial charge in [-0.2, -0.15) is 0 Å². The van der Waals surface area contributed by atoms with Gasteiger partial charge < -0.3 is 4.90 Å². The molecule has 18 heavy (non-hydrogen) atoms. The van der Waals surface area contributed by atoms with Crippen LogP contribution < -0.4 is 4.90 Å². The average molecular weight is 302 g/mol. The van der Waals surface area contributed by atoms with Crippen LogP contribution in [0.3, 0.4) is 0 Å². The van der Waals surface area contributed by atoms with Gasteiger partial charge in [-0.25, -0.2) is 0 Å². The molecule has 1 aromatic rings. The van der Waals surface area contributed by atoms with Crippen LogP contribution in [0.25, 0.3) is 0 Å². The van der Waals surface area contributed by atoms with E-state index in [0.717, 1.165) is 5.69 Å². The van der Waals surface area contributed by atoms with Gasteiger partial charge in [-0.05, 0) is 44.3 Å². The molecule has 1 N–H and O–H groups in total. The lowest BCUT2D eigenvalue weighted by molar-refractivity contribution is 0.366. The molecule has 0 aliphatic carbocycles. The zero-order valence-electron chi connectivity index (χ0n) is 10.3. The zero-order chi connectivity index (χ0) is 13.7. The molecule has 1 aliphatic rings. The summed E-state index contributed by atoms with van der Waals surface area (Å²) in [6.45, 7) is 3.91. The Morgan fingerprint density at radius 3 is 2.28 bits per heavy atom. The number of likely N-dealkylation sites (N-methyl/N-ethyl adjacent to an activating group) is 1. The minimum atomic E-state index is -0.427. The largest absolute Gasteiger partial charge is 0.339 e. The maximum Gasteiger partial charge on any atom is 0.182 e. The number of anilines is 1. The Morgan fingerprint density at radius 2 is 1.83 bits per heavy atom. The van der Waals surface area contributed by atoms with Gasteiger partial charge in [-0.3, -0.25) is 10.3 Å². The molecule has 0 unspecified atom stereocenters. The van der Waals surface area contributed by atoms with Gasteiger partial charge in [0.1, 0.15) is 5.84 Å². The number of thiocarbonyl (C=S) groups is 1. The van der Waals surface area contributed by atoms with Crippen LogP contribution in [0.15, 0.2) is 18.2 Å². The van der Waals surface area contributed by atoms with E-state index in [1.165, 1.54) is 0 Å². The Labute approximate surface area is 122 Å². The molecule has 1 saturated heterocycles. The molecule has 1 aromatic carbocycles. The molecule has 6 heteroatoms. The molecule has 0 spiro atoms. The Kier molecular flexibility index (Phi) is 3.30. The highest BCUT2D eigenvalue weighted by atomic mass is 35.5. The molecule has 96 valence electrons. The minimum absolute atomic E-state index is 0.424. The lowest BCUT2D eigenvalue weighted by Crippen LogP contribution is -2.41. The molecule has 1 fully saturated rings. The van der Waals surface area contributed by atoms with Crippen molar-refractivity contribution in [1.82, 2.24) is 4.90 Å². The van der Waals surface area contributed by atoms with E-state index in [4.69, 9.17) is 40.8 Å². The van der Waals surface area contributed by atoms with E-state index in [9.17, 15) is 0 Å². The van der Waals surface area contributed by atoms with Crippen molar-refractivity contribution in [2.75, 3.05) is 11.9 Å². The van der Waals surface area contributed by atoms with Crippen LogP contribution >= 0.6 is 35.4 Å². The number of benzene rings is 1. The number of hydrogen-bond acceptors (Lipinski definition) is 2. The van der Waals surface area contributed by atoms with Crippen LogP contribution in [0, 0.1) is 5.41 Å². The lowest BCUT2D eigenvalue weighted by Gasteiger charge is -2.25. The van der Waals surface area contributed by atoms with Crippen LogP contribution in [0.5, 0.6) is 0 Å². The van der Waals surface area contributed by atoms with E-state index >= 15 is 0 Å². The molecule has 0 radical (unpaired) electrons. The summed E-state index contributed by atoms with van der Waals surface area (Å²) in [5, 5.41) is 9.78. The number of amidine groups is 1. The molecule has 0 saturated carbocycles. The fourth-order valence-electron chi connectivity index (χ4n) is 1.78. The standard InChI is InChI=1S/C12H13Cl2N3S/c1-12(2)10(15)17(11(18)16(12)3)7-4-5-8(13)9(14)6-7/h4-6,15H,1-3H3. The number of halogens is 2. The van der Waals surface area contributed by atoms with E-state index in [0.29, 0.717) is 21.0 Å². The third kappa shape index (κ3) is 1.88. The van der Waals surface area contributed by atoms with Crippen molar-refractivity contribution in [3.63, 3.8) is 0 Å². The van der Waals surface area contributed by atoms with E-state index in [-0.39, 0.29) is 0 Å². The predicted molar refractivity (Wildman–Crippen MR) is 81.1 cm³/mol. The second-order valence-corrected chi connectivity index (χ2v) is 5.86. The molecule has 1 aliphatic heterocycles. The maximum absolute atomic E-state index is 8.25. The quantitative estimate of drug-likeness (QED) is 0.801. The predicted octanol–water partition coefficient (Wildman–Crippen LogP) is 3.79. The lowest BCUT2D eigenvalue weighted by atomic mass is 10.0. The van der Waals surface area contributed by atoms with Crippen LogP contribution in [-0.4, -0.2) is 28.4 Å². The SMILES string of the molecule is CN1C(=S)N(c2ccc(Cl)c(Cl)c2)C(=N)C1(C)C. The van der Waals surface area contributed by atoms with Crippen LogP contribution in [0.2, 0.25) is 10.0 Å². The number of nitrogens with zero attached hydrogens (tertiary/aromatic N) is 2. The highest BCUT2D eigenvalue weighted by Gasteiger charge is 2.44. The Bertz CT molecular complexity index is 542. The van der Waals surface area contributed by atoms with Gasteiger partial charge in [0.25, 0.3) is 0 Å². The van der Waals surface area contributed by atoms with Crippen molar-refractivity contribution >= 4 is 52.1 Å². The van der Waals surface area contributed by atoms with Gasteiger partial charge in [0.2, 0.25) is 0 Å². The van der Waals surface area contributed by atoms with Gasteiger partial charge in [0.05, 0.1) is 21.3 Å². The van der Waals surface area contributed by atoms with Gasteiger partial charge in [0, 0.05) is 7.05 Å². The summed E-state index contributed by atoms with van der Waals surface area (Å²) < 4.78 is 0. The molecule has 3 nitrogen and oxygen atoms in total. The minimum Gasteiger partial charge on any atom is -0.339 e. The Morgan fingerprint density at radius 1 is 1.22 bits per heavy atom. The molecule has 2 rings (SSSR count). The molecule has 0 atom stereocenters. The van der Waals surface area contributed by atoms with E-state index < -0.39 is 5.54 Å². The molecular weight excluding hydrogens is 289 g/mol. The van der Waals surface area contributed by atoms with E-state index in [1.807, 2.05) is 31.9 Å². The van der Waals surface area contributed by atoms with Crippen molar-refractivity contribution in [3.05, 3.63) is 28.2 Å². The number of hydrogen-bond donors (Lipinski definition) is 1. The average Bonchev–Trinajstić information content (AvgIpc) is 2.45. The third-order valence-electron chi connectivity index (χ3n) is 3.28. The third-order valence-corrected chi connectivity index (χ3v) is 4.48. The van der Waals surface area contributed by atoms with Crippen LogP contribution in [-0.2, 0) is 0 Å². The fraction of sp³-hybridized carbons (Fsp3) is 0.333. The summed E-state index contributed by atoms with van der Waals surface area (Å²) in [4.78, 5) is 3.60. The van der Waals surface area contributed by atoms with E-state index in [2.05, 4.69) is 0 Å². The van der Waals surface area contributed by atoms with Crippen molar-refractivity contribution < 1.29 is 0 Å². The smallest absolute Gasteiger partial charge is 0.182 e. The number of rotatable bonds is 1. The first-order valence-corrected chi connectivity index (χ1v) is 6.55. The summed E-state index contributed by atoms with van der Waals surface area (Å²) in [7, 11) is 1.88. The van der Waals surface area contributed by atoms with Crippen molar-refractivity contribution in [2.24, 2.45) is 0 Å². The zero-order valence-corrected chi connectivity index (χ0v) is 12.6. The van der Waals surface area contributed by atoms with Gasteiger partial charge in [-0.15, -0.1) is 0 Å². The fourth-order valence-corrected chi connectivity index (χ4v) is 2.50. The Hall–Kier alpha value is -0.840. The van der Waals surface area contributed by atoms with Crippen molar-refractivity contribution in [1.29, 1.82) is 5.41 Å². The van der Waals surface area contributed by atoms with Crippen molar-refractivity contribution in [3.8, 4) is 0 Å². The second-order valence-electron chi connectivity index (χ2n) is 4.68. The molecule has 0 bridgehead atoms. The molecule has 0 aromatic heterocycles. The van der Waals surface area contributed by atoms with Gasteiger partial charge in [0.15, 0.2) is 5.11 Å². The summed E-state index contributed by atoms with van der Waals surface area (Å²) >= 11 is 17.3. The maximum atomic E-state index is 8.25. The highest BCUT2D eigenvalue weighted by Crippen LogP contribution is 2.34. The normalized spacial score (nSPS) is 18.7. The van der Waals surface area contributed by atoms with Gasteiger partial charge >= 0.3 is 0 Å². The molecule has 0 amide bonds. The highest BCUT2D eigenvalue weighted by molar-refractivity contribution is 7.80. The summed E-state index contributed by atoms with van der Waals surface area (Å²) in [6.07, 6.45) is 0. The van der Waals surface area contributed by atoms with Crippen LogP contribution in [0.1, 0.15) is 13.8 Å². The first-order valence-electron chi connectivity index (χ1n) is 5.39. The second kappa shape index (κ2) is 4.37. The van der Waals surface area contributed by atoms with E-state index in [1.54, 1.807) is 17.0 Å². The summed E-state index contributed by atoms with van der Waals surface area (Å²) in [5.74, 6) is 0.424. The monoisotopic (exact) mass is 301 g/mol. The summed E-state index contributed by atoms with van der Waals surface area (Å²) in [6, 6.07) is 5.24. The topological polar surface area (TPSA) is 30.3 Å². The van der Waals surface area contributed by atoms with Crippen molar-refractivity contribution in [2.45, 2.75) is 19.4 Å². The van der Waals surface area contributed by atoms with Crippen LogP contribution in [0.4, 0.5) is 5.69 Å². The molecule has 1 heterocycles. The first kappa shape index (κ1) is 13.6. The first-order chi connectivity index (χ1) is 8.26. The summed E-state index contributed by atoms with van der Waals surface area (Å²) in [5.41, 5.74) is 0.334. The number of nitrogens with one attached hydrogen (secondary N) is 1. The Balaban J connectivity index is 2.48. The molecular formula is C12H13Cl2N3S.